The van der Waals surface area contributed by atoms with E-state index in [0.717, 1.165) is 52.6 Å². The largest absolute Gasteiger partial charge is 0.496 e. The first-order valence-electron chi connectivity index (χ1n) is 15.4. The van der Waals surface area contributed by atoms with E-state index >= 15 is 0 Å². The number of carbonyl (C=O) groups excluding carboxylic acids is 2. The summed E-state index contributed by atoms with van der Waals surface area (Å²) in [5.41, 5.74) is 8.64. The van der Waals surface area contributed by atoms with Crippen molar-refractivity contribution in [1.82, 2.24) is 19.8 Å². The summed E-state index contributed by atoms with van der Waals surface area (Å²) in [6.45, 7) is 0. The van der Waals surface area contributed by atoms with Gasteiger partial charge in [0.2, 0.25) is 11.8 Å². The van der Waals surface area contributed by atoms with Crippen LogP contribution in [-0.2, 0) is 9.59 Å². The smallest absolute Gasteiger partial charge is 0.244 e. The van der Waals surface area contributed by atoms with E-state index in [2.05, 4.69) is 20.0 Å². The lowest BCUT2D eigenvalue weighted by molar-refractivity contribution is -0.130. The molecule has 2 aliphatic carbocycles. The van der Waals surface area contributed by atoms with E-state index in [4.69, 9.17) is 10.5 Å². The van der Waals surface area contributed by atoms with Crippen LogP contribution in [0.4, 0.5) is 5.69 Å². The molecule has 0 aromatic carbocycles. The van der Waals surface area contributed by atoms with E-state index in [-0.39, 0.29) is 34.4 Å². The molecule has 2 amide bonds. The molecular formula is C31H37N7O3S2. The van der Waals surface area contributed by atoms with Gasteiger partial charge in [0.05, 0.1) is 25.4 Å². The molecule has 43 heavy (non-hydrogen) atoms. The zero-order valence-electron chi connectivity index (χ0n) is 24.3. The van der Waals surface area contributed by atoms with Crippen LogP contribution in [0.3, 0.4) is 0 Å². The highest BCUT2D eigenvalue weighted by Gasteiger charge is 2.47. The molecule has 2 saturated carbocycles. The van der Waals surface area contributed by atoms with E-state index in [0.29, 0.717) is 17.8 Å². The van der Waals surface area contributed by atoms with Crippen LogP contribution in [0.2, 0.25) is 0 Å². The van der Waals surface area contributed by atoms with Crippen molar-refractivity contribution in [2.24, 2.45) is 9.98 Å². The van der Waals surface area contributed by atoms with Gasteiger partial charge in [-0.3, -0.25) is 29.4 Å². The normalized spacial score (nSPS) is 28.1. The quantitative estimate of drug-likeness (QED) is 0.498. The number of hydrogen-bond acceptors (Lipinski definition) is 10. The van der Waals surface area contributed by atoms with Gasteiger partial charge in [-0.1, -0.05) is 62.0 Å². The molecule has 2 aromatic heterocycles. The van der Waals surface area contributed by atoms with Crippen molar-refractivity contribution >= 4 is 53.7 Å². The monoisotopic (exact) mass is 619 g/mol. The van der Waals surface area contributed by atoms with Crippen molar-refractivity contribution in [2.75, 3.05) is 12.8 Å². The van der Waals surface area contributed by atoms with Gasteiger partial charge < -0.3 is 10.5 Å². The molecule has 6 aliphatic rings. The minimum atomic E-state index is -0.191. The molecule has 4 unspecified atom stereocenters. The minimum absolute atomic E-state index is 0.156. The molecule has 8 rings (SSSR count). The highest BCUT2D eigenvalue weighted by Crippen LogP contribution is 2.51. The van der Waals surface area contributed by atoms with Crippen molar-refractivity contribution in [3.8, 4) is 5.75 Å². The average Bonchev–Trinajstić information content (AvgIpc) is 3.63. The maximum absolute atomic E-state index is 12.9. The summed E-state index contributed by atoms with van der Waals surface area (Å²) in [6, 6.07) is 3.96. The number of methoxy groups -OCH3 is 1. The molecule has 226 valence electrons. The van der Waals surface area contributed by atoms with Gasteiger partial charge in [0.1, 0.15) is 38.4 Å². The second-order valence-corrected chi connectivity index (χ2v) is 14.2. The fraction of sp³-hybridized carbons (Fsp3) is 0.548. The SMILES string of the molecule is COc1ccnc2c1C1N=CN(C3CCCCC3)C(=O)C1S2.Nc1ccnc2c1C1N=CN(C3CCCCC3)C(=O)C1S2. The third kappa shape index (κ3) is 5.20. The Kier molecular flexibility index (Phi) is 8.06. The Morgan fingerprint density at radius 3 is 1.77 bits per heavy atom. The molecule has 0 saturated heterocycles. The first kappa shape index (κ1) is 28.6. The van der Waals surface area contributed by atoms with Gasteiger partial charge in [0.15, 0.2) is 0 Å². The van der Waals surface area contributed by atoms with Gasteiger partial charge in [0.25, 0.3) is 0 Å². The summed E-state index contributed by atoms with van der Waals surface area (Å²) >= 11 is 3.04. The van der Waals surface area contributed by atoms with Gasteiger partial charge in [-0.2, -0.15) is 0 Å². The Bertz CT molecular complexity index is 1460. The van der Waals surface area contributed by atoms with Crippen LogP contribution in [0, 0.1) is 0 Å². The van der Waals surface area contributed by atoms with Crippen LogP contribution in [0.5, 0.6) is 5.75 Å². The van der Waals surface area contributed by atoms with Crippen molar-refractivity contribution in [3.63, 3.8) is 0 Å². The molecule has 10 nitrogen and oxygen atoms in total. The van der Waals surface area contributed by atoms with E-state index < -0.39 is 0 Å². The maximum Gasteiger partial charge on any atom is 0.244 e. The number of hydrogen-bond donors (Lipinski definition) is 1. The summed E-state index contributed by atoms with van der Waals surface area (Å²) in [7, 11) is 1.65. The molecule has 0 bridgehead atoms. The zero-order valence-corrected chi connectivity index (χ0v) is 25.9. The molecular weight excluding hydrogens is 583 g/mol. The number of rotatable bonds is 3. The summed E-state index contributed by atoms with van der Waals surface area (Å²) in [5.74, 6) is 1.13. The Morgan fingerprint density at radius 1 is 0.744 bits per heavy atom. The van der Waals surface area contributed by atoms with Crippen LogP contribution in [0.15, 0.2) is 44.6 Å². The Balaban J connectivity index is 0.000000140. The van der Waals surface area contributed by atoms with Crippen molar-refractivity contribution in [3.05, 3.63) is 35.7 Å². The topological polar surface area (TPSA) is 126 Å². The zero-order chi connectivity index (χ0) is 29.5. The molecule has 2 fully saturated rings. The third-order valence-electron chi connectivity index (χ3n) is 9.40. The fourth-order valence-electron chi connectivity index (χ4n) is 7.15. The lowest BCUT2D eigenvalue weighted by Crippen LogP contribution is -2.48. The second kappa shape index (κ2) is 12.1. The second-order valence-electron chi connectivity index (χ2n) is 11.9. The first-order chi connectivity index (χ1) is 21.0. The number of aromatic nitrogens is 2. The van der Waals surface area contributed by atoms with Gasteiger partial charge in [-0.25, -0.2) is 9.97 Å². The Morgan fingerprint density at radius 2 is 1.23 bits per heavy atom. The van der Waals surface area contributed by atoms with Crippen molar-refractivity contribution in [2.45, 2.75) is 109 Å². The molecule has 12 heteroatoms. The van der Waals surface area contributed by atoms with E-state index in [1.807, 2.05) is 15.9 Å². The number of amides is 2. The number of anilines is 1. The van der Waals surface area contributed by atoms with Gasteiger partial charge >= 0.3 is 0 Å². The summed E-state index contributed by atoms with van der Waals surface area (Å²) in [5, 5.41) is 1.36. The first-order valence-corrected chi connectivity index (χ1v) is 17.1. The molecule has 2 aromatic rings. The number of thioether (sulfide) groups is 2. The predicted molar refractivity (Wildman–Crippen MR) is 169 cm³/mol. The highest BCUT2D eigenvalue weighted by atomic mass is 32.2. The average molecular weight is 620 g/mol. The number of nitrogens with zero attached hydrogens (tertiary/aromatic N) is 6. The molecule has 2 N–H and O–H groups in total. The predicted octanol–water partition coefficient (Wildman–Crippen LogP) is 5.19. The van der Waals surface area contributed by atoms with E-state index in [1.54, 1.807) is 38.2 Å². The molecule has 0 spiro atoms. The Hall–Kier alpha value is -3.12. The van der Waals surface area contributed by atoms with Crippen LogP contribution in [0.1, 0.15) is 87.4 Å². The summed E-state index contributed by atoms with van der Waals surface area (Å²) in [6.07, 6.45) is 18.7. The van der Waals surface area contributed by atoms with Crippen molar-refractivity contribution in [1.29, 1.82) is 0 Å². The maximum atomic E-state index is 12.9. The van der Waals surface area contributed by atoms with Crippen LogP contribution >= 0.6 is 23.5 Å². The van der Waals surface area contributed by atoms with Gasteiger partial charge in [-0.15, -0.1) is 0 Å². The summed E-state index contributed by atoms with van der Waals surface area (Å²) in [4.78, 5) is 47.6. The summed E-state index contributed by atoms with van der Waals surface area (Å²) < 4.78 is 5.43. The molecule has 6 heterocycles. The van der Waals surface area contributed by atoms with Crippen molar-refractivity contribution < 1.29 is 14.3 Å². The number of aliphatic imine (C=N–C) groups is 2. The number of carbonyl (C=O) groups is 2. The van der Waals surface area contributed by atoms with Crippen LogP contribution in [-0.4, -0.2) is 74.0 Å². The van der Waals surface area contributed by atoms with Gasteiger partial charge in [0, 0.05) is 35.7 Å². The number of nitrogen functional groups attached to an aromatic ring is 1. The number of pyridine rings is 2. The molecule has 4 aliphatic heterocycles. The third-order valence-corrected chi connectivity index (χ3v) is 11.9. The van der Waals surface area contributed by atoms with Crippen LogP contribution < -0.4 is 10.5 Å². The highest BCUT2D eigenvalue weighted by molar-refractivity contribution is 8.01. The number of fused-ring (bicyclic) bond motifs is 6. The minimum Gasteiger partial charge on any atom is -0.496 e. The van der Waals surface area contributed by atoms with Crippen LogP contribution in [0.25, 0.3) is 0 Å². The van der Waals surface area contributed by atoms with Gasteiger partial charge in [-0.05, 0) is 37.8 Å². The molecule has 4 atom stereocenters. The fourth-order valence-corrected chi connectivity index (χ4v) is 9.71. The Labute approximate surface area is 260 Å². The lowest BCUT2D eigenvalue weighted by atomic mass is 9.93. The number of ether oxygens (including phenoxy) is 1. The van der Waals surface area contributed by atoms with E-state index in [1.165, 1.54) is 62.0 Å². The standard InChI is InChI=1S/C16H19N3O2S.C15H18N4OS/c1-21-11-7-8-17-15-12(11)13-14(22-15)16(20)19(9-18-13)10-5-3-2-4-6-10;16-10-6-7-17-14-11(10)12-13(21-14)15(20)19(8-18-12)9-4-2-1-3-5-9/h7-10,13-14H,2-6H2,1H3;6-9,12-13H,1-5H2,(H2,16,17). The number of nitrogens with two attached hydrogens (primary N) is 1. The van der Waals surface area contributed by atoms with E-state index in [9.17, 15) is 9.59 Å². The molecule has 0 radical (unpaired) electrons. The lowest BCUT2D eigenvalue weighted by Gasteiger charge is -2.36.